The molecule has 126 valence electrons. The van der Waals surface area contributed by atoms with Crippen molar-refractivity contribution in [3.63, 3.8) is 0 Å². The van der Waals surface area contributed by atoms with Gasteiger partial charge in [-0.15, -0.1) is 11.3 Å². The average Bonchev–Trinajstić information content (AvgIpc) is 3.23. The molecular formula is C19H16N2O3S. The van der Waals surface area contributed by atoms with E-state index >= 15 is 0 Å². The Labute approximate surface area is 149 Å². The lowest BCUT2D eigenvalue weighted by molar-refractivity contribution is 0.102. The maximum absolute atomic E-state index is 12.4. The van der Waals surface area contributed by atoms with Crippen molar-refractivity contribution in [3.8, 4) is 22.8 Å². The minimum absolute atomic E-state index is 0.187. The molecule has 0 bridgehead atoms. The zero-order valence-corrected chi connectivity index (χ0v) is 14.6. The number of nitrogens with one attached hydrogen (secondary N) is 1. The first-order chi connectivity index (χ1) is 12.1. The molecule has 1 aromatic heterocycles. The highest BCUT2D eigenvalue weighted by Gasteiger charge is 2.17. The Morgan fingerprint density at radius 2 is 1.96 bits per heavy atom. The zero-order valence-electron chi connectivity index (χ0n) is 13.8. The van der Waals surface area contributed by atoms with Gasteiger partial charge in [-0.2, -0.15) is 0 Å². The molecule has 0 saturated heterocycles. The molecule has 0 aliphatic carbocycles. The van der Waals surface area contributed by atoms with E-state index in [2.05, 4.69) is 42.3 Å². The summed E-state index contributed by atoms with van der Waals surface area (Å²) in [6, 6.07) is 11.4. The summed E-state index contributed by atoms with van der Waals surface area (Å²) in [6.45, 7) is 4.31. The van der Waals surface area contributed by atoms with Gasteiger partial charge in [-0.1, -0.05) is 23.8 Å². The van der Waals surface area contributed by atoms with E-state index in [-0.39, 0.29) is 12.7 Å². The van der Waals surface area contributed by atoms with E-state index in [1.165, 1.54) is 22.5 Å². The molecule has 1 N–H and O–H groups in total. The number of carbonyl (C=O) groups excluding carboxylic acids is 1. The quantitative estimate of drug-likeness (QED) is 0.758. The van der Waals surface area contributed by atoms with Gasteiger partial charge in [0.05, 0.1) is 5.69 Å². The van der Waals surface area contributed by atoms with Gasteiger partial charge in [0.25, 0.3) is 5.91 Å². The Hall–Kier alpha value is -2.86. The van der Waals surface area contributed by atoms with Crippen molar-refractivity contribution in [2.45, 2.75) is 13.8 Å². The third-order valence-corrected chi connectivity index (χ3v) is 4.77. The molecular weight excluding hydrogens is 336 g/mol. The summed E-state index contributed by atoms with van der Waals surface area (Å²) in [5.74, 6) is 1.02. The van der Waals surface area contributed by atoms with Gasteiger partial charge >= 0.3 is 0 Å². The van der Waals surface area contributed by atoms with Gasteiger partial charge in [0, 0.05) is 16.5 Å². The van der Waals surface area contributed by atoms with Crippen molar-refractivity contribution in [2.75, 3.05) is 12.1 Å². The summed E-state index contributed by atoms with van der Waals surface area (Å²) in [4.78, 5) is 17.0. The molecule has 1 amide bonds. The summed E-state index contributed by atoms with van der Waals surface area (Å²) in [5, 5.41) is 5.36. The second kappa shape index (κ2) is 6.22. The minimum Gasteiger partial charge on any atom is -0.454 e. The van der Waals surface area contributed by atoms with Crippen LogP contribution in [-0.2, 0) is 0 Å². The van der Waals surface area contributed by atoms with Crippen molar-refractivity contribution in [1.82, 2.24) is 4.98 Å². The Kier molecular flexibility index (Phi) is 3.89. The second-order valence-electron chi connectivity index (χ2n) is 5.88. The smallest absolute Gasteiger partial charge is 0.257 e. The highest BCUT2D eigenvalue weighted by Crippen LogP contribution is 2.33. The number of nitrogens with zero attached hydrogens (tertiary/aromatic N) is 1. The number of aryl methyl sites for hydroxylation is 2. The maximum atomic E-state index is 12.4. The predicted octanol–water partition coefficient (Wildman–Crippen LogP) is 4.41. The number of carbonyl (C=O) groups is 1. The first kappa shape index (κ1) is 15.7. The molecule has 4 rings (SSSR count). The fourth-order valence-electron chi connectivity index (χ4n) is 2.76. The third kappa shape index (κ3) is 3.08. The molecule has 0 saturated carbocycles. The number of anilines is 1. The van der Waals surface area contributed by atoms with E-state index in [0.29, 0.717) is 22.2 Å². The topological polar surface area (TPSA) is 60.5 Å². The van der Waals surface area contributed by atoms with Crippen molar-refractivity contribution in [2.24, 2.45) is 0 Å². The van der Waals surface area contributed by atoms with Crippen molar-refractivity contribution in [3.05, 3.63) is 58.5 Å². The van der Waals surface area contributed by atoms with E-state index in [9.17, 15) is 4.79 Å². The van der Waals surface area contributed by atoms with Gasteiger partial charge < -0.3 is 9.47 Å². The molecule has 25 heavy (non-hydrogen) atoms. The van der Waals surface area contributed by atoms with Crippen molar-refractivity contribution < 1.29 is 14.3 Å². The standard InChI is InChI=1S/C19H16N2O3S/c1-11-3-5-14(12(2)7-11)15-9-25-19(20-15)21-18(22)13-4-6-16-17(8-13)24-10-23-16/h3-9H,10H2,1-2H3,(H,20,21,22). The van der Waals surface area contributed by atoms with Gasteiger partial charge in [-0.25, -0.2) is 4.98 Å². The Balaban J connectivity index is 1.54. The number of amides is 1. The van der Waals surface area contributed by atoms with Crippen LogP contribution in [0.5, 0.6) is 11.5 Å². The van der Waals surface area contributed by atoms with E-state index < -0.39 is 0 Å². The molecule has 0 spiro atoms. The number of rotatable bonds is 3. The predicted molar refractivity (Wildman–Crippen MR) is 97.5 cm³/mol. The molecule has 0 radical (unpaired) electrons. The van der Waals surface area contributed by atoms with Crippen LogP contribution in [0.2, 0.25) is 0 Å². The van der Waals surface area contributed by atoms with Crippen molar-refractivity contribution in [1.29, 1.82) is 0 Å². The first-order valence-electron chi connectivity index (χ1n) is 7.84. The fraction of sp³-hybridized carbons (Fsp3) is 0.158. The largest absolute Gasteiger partial charge is 0.454 e. The number of thiazole rings is 1. The van der Waals surface area contributed by atoms with Gasteiger partial charge in [-0.3, -0.25) is 10.1 Å². The third-order valence-electron chi connectivity index (χ3n) is 4.02. The van der Waals surface area contributed by atoms with Gasteiger partial charge in [-0.05, 0) is 37.6 Å². The molecule has 1 aliphatic heterocycles. The van der Waals surface area contributed by atoms with E-state index in [1.807, 2.05) is 5.38 Å². The van der Waals surface area contributed by atoms with Crippen LogP contribution >= 0.6 is 11.3 Å². The lowest BCUT2D eigenvalue weighted by atomic mass is 10.0. The molecule has 1 aliphatic rings. The van der Waals surface area contributed by atoms with Crippen LogP contribution in [0.15, 0.2) is 41.8 Å². The monoisotopic (exact) mass is 352 g/mol. The Morgan fingerprint density at radius 1 is 1.12 bits per heavy atom. The summed E-state index contributed by atoms with van der Waals surface area (Å²) in [5.41, 5.74) is 4.83. The number of fused-ring (bicyclic) bond motifs is 1. The van der Waals surface area contributed by atoms with Gasteiger partial charge in [0.15, 0.2) is 16.6 Å². The molecule has 5 nitrogen and oxygen atoms in total. The number of ether oxygens (including phenoxy) is 2. The van der Waals surface area contributed by atoms with Crippen LogP contribution in [0.4, 0.5) is 5.13 Å². The second-order valence-corrected chi connectivity index (χ2v) is 6.74. The Morgan fingerprint density at radius 3 is 2.80 bits per heavy atom. The molecule has 6 heteroatoms. The van der Waals surface area contributed by atoms with Crippen LogP contribution in [0, 0.1) is 13.8 Å². The normalized spacial score (nSPS) is 12.2. The first-order valence-corrected chi connectivity index (χ1v) is 8.72. The number of hydrogen-bond acceptors (Lipinski definition) is 5. The molecule has 2 heterocycles. The lowest BCUT2D eigenvalue weighted by Crippen LogP contribution is -2.11. The fourth-order valence-corrected chi connectivity index (χ4v) is 3.47. The van der Waals surface area contributed by atoms with Crippen LogP contribution in [0.1, 0.15) is 21.5 Å². The van der Waals surface area contributed by atoms with E-state index in [0.717, 1.165) is 11.3 Å². The number of hydrogen-bond donors (Lipinski definition) is 1. The molecule has 0 unspecified atom stereocenters. The molecule has 0 fully saturated rings. The highest BCUT2D eigenvalue weighted by molar-refractivity contribution is 7.14. The maximum Gasteiger partial charge on any atom is 0.257 e. The van der Waals surface area contributed by atoms with Gasteiger partial charge in [0.2, 0.25) is 6.79 Å². The number of benzene rings is 2. The lowest BCUT2D eigenvalue weighted by Gasteiger charge is -2.04. The highest BCUT2D eigenvalue weighted by atomic mass is 32.1. The van der Waals surface area contributed by atoms with Crippen LogP contribution in [0.3, 0.4) is 0 Å². The average molecular weight is 352 g/mol. The van der Waals surface area contributed by atoms with Gasteiger partial charge in [0.1, 0.15) is 0 Å². The molecule has 2 aromatic carbocycles. The summed E-state index contributed by atoms with van der Waals surface area (Å²) in [6.07, 6.45) is 0. The summed E-state index contributed by atoms with van der Waals surface area (Å²) in [7, 11) is 0. The summed E-state index contributed by atoms with van der Waals surface area (Å²) >= 11 is 1.41. The summed E-state index contributed by atoms with van der Waals surface area (Å²) < 4.78 is 10.6. The van der Waals surface area contributed by atoms with Crippen LogP contribution < -0.4 is 14.8 Å². The van der Waals surface area contributed by atoms with E-state index in [4.69, 9.17) is 9.47 Å². The van der Waals surface area contributed by atoms with Crippen molar-refractivity contribution >= 4 is 22.4 Å². The van der Waals surface area contributed by atoms with Crippen LogP contribution in [0.25, 0.3) is 11.3 Å². The molecule has 3 aromatic rings. The minimum atomic E-state index is -0.222. The number of aromatic nitrogens is 1. The van der Waals surface area contributed by atoms with Crippen LogP contribution in [-0.4, -0.2) is 17.7 Å². The Bertz CT molecular complexity index is 965. The zero-order chi connectivity index (χ0) is 17.4. The van der Waals surface area contributed by atoms with E-state index in [1.54, 1.807) is 18.2 Å². The molecule has 0 atom stereocenters. The SMILES string of the molecule is Cc1ccc(-c2csc(NC(=O)c3ccc4c(c3)OCO4)n2)c(C)c1.